The molecular weight excluding hydrogens is 456 g/mol. The predicted molar refractivity (Wildman–Crippen MR) is 122 cm³/mol. The number of nitrogens with zero attached hydrogens (tertiary/aromatic N) is 4. The zero-order valence-electron chi connectivity index (χ0n) is 17.8. The van der Waals surface area contributed by atoms with E-state index in [0.29, 0.717) is 29.8 Å². The zero-order valence-corrected chi connectivity index (χ0v) is 19.3. The number of amides is 1. The van der Waals surface area contributed by atoms with Crippen LogP contribution in [0, 0.1) is 5.82 Å². The second-order valence-corrected chi connectivity index (χ2v) is 9.39. The van der Waals surface area contributed by atoms with E-state index in [1.807, 2.05) is 26.8 Å². The van der Waals surface area contributed by atoms with E-state index in [1.165, 1.54) is 18.5 Å². The molecule has 1 fully saturated rings. The molecule has 3 aromatic rings. The molecule has 1 amide bonds. The summed E-state index contributed by atoms with van der Waals surface area (Å²) in [6.45, 7) is 6.62. The Hall–Kier alpha value is -2.71. The third-order valence-corrected chi connectivity index (χ3v) is 5.87. The van der Waals surface area contributed by atoms with E-state index in [0.717, 1.165) is 12.1 Å². The molecule has 1 aromatic carbocycles. The summed E-state index contributed by atoms with van der Waals surface area (Å²) < 4.78 is 20.0. The summed E-state index contributed by atoms with van der Waals surface area (Å²) in [6, 6.07) is 4.88. The van der Waals surface area contributed by atoms with Gasteiger partial charge in [0.25, 0.3) is 0 Å². The van der Waals surface area contributed by atoms with Gasteiger partial charge in [0.15, 0.2) is 5.82 Å². The highest BCUT2D eigenvalue weighted by atomic mass is 35.5. The van der Waals surface area contributed by atoms with Crippen LogP contribution >= 0.6 is 23.2 Å². The molecule has 2 aromatic heterocycles. The van der Waals surface area contributed by atoms with Crippen LogP contribution in [-0.4, -0.2) is 44.6 Å². The Morgan fingerprint density at radius 3 is 2.78 bits per heavy atom. The predicted octanol–water partition coefficient (Wildman–Crippen LogP) is 5.94. The fraction of sp³-hybridized carbons (Fsp3) is 0.364. The number of halogens is 3. The number of hydrogen-bond donors (Lipinski definition) is 1. The number of likely N-dealkylation sites (tertiary alicyclic amines) is 1. The summed E-state index contributed by atoms with van der Waals surface area (Å²) in [6.07, 6.45) is 3.46. The number of rotatable bonds is 3. The van der Waals surface area contributed by atoms with Crippen molar-refractivity contribution in [1.29, 1.82) is 0 Å². The lowest BCUT2D eigenvalue weighted by Gasteiger charge is -2.24. The third-order valence-electron chi connectivity index (χ3n) is 5.09. The topological polar surface area (TPSA) is 80.2 Å². The average Bonchev–Trinajstić information content (AvgIpc) is 3.23. The Balaban J connectivity index is 1.60. The molecule has 3 heterocycles. The van der Waals surface area contributed by atoms with Gasteiger partial charge < -0.3 is 15.0 Å². The number of anilines is 2. The van der Waals surface area contributed by atoms with E-state index in [1.54, 1.807) is 11.1 Å². The Bertz CT molecular complexity index is 1180. The van der Waals surface area contributed by atoms with Crippen molar-refractivity contribution in [3.05, 3.63) is 52.3 Å². The van der Waals surface area contributed by atoms with Crippen LogP contribution in [-0.2, 0) is 4.74 Å². The van der Waals surface area contributed by atoms with Gasteiger partial charge in [-0.2, -0.15) is 0 Å². The van der Waals surface area contributed by atoms with Gasteiger partial charge in [0.1, 0.15) is 17.7 Å². The van der Waals surface area contributed by atoms with Crippen molar-refractivity contribution in [3.8, 4) is 0 Å². The van der Waals surface area contributed by atoms with Gasteiger partial charge in [-0.3, -0.25) is 4.98 Å². The Morgan fingerprint density at radius 1 is 1.25 bits per heavy atom. The van der Waals surface area contributed by atoms with Gasteiger partial charge in [0, 0.05) is 30.1 Å². The van der Waals surface area contributed by atoms with Gasteiger partial charge >= 0.3 is 6.09 Å². The average molecular weight is 478 g/mol. The molecule has 1 aliphatic heterocycles. The molecule has 1 saturated heterocycles. The molecule has 32 heavy (non-hydrogen) atoms. The van der Waals surface area contributed by atoms with Crippen LogP contribution in [0.3, 0.4) is 0 Å². The van der Waals surface area contributed by atoms with Crippen molar-refractivity contribution < 1.29 is 13.9 Å². The lowest BCUT2D eigenvalue weighted by atomic mass is 10.0. The lowest BCUT2D eigenvalue weighted by molar-refractivity contribution is 0.0292. The van der Waals surface area contributed by atoms with Gasteiger partial charge in [0.05, 0.1) is 27.4 Å². The molecule has 0 aliphatic carbocycles. The smallest absolute Gasteiger partial charge is 0.410 e. The van der Waals surface area contributed by atoms with Crippen LogP contribution in [0.1, 0.15) is 38.8 Å². The first-order valence-electron chi connectivity index (χ1n) is 10.1. The van der Waals surface area contributed by atoms with Gasteiger partial charge in [-0.1, -0.05) is 23.2 Å². The zero-order chi connectivity index (χ0) is 23.0. The lowest BCUT2D eigenvalue weighted by Crippen LogP contribution is -2.35. The van der Waals surface area contributed by atoms with Gasteiger partial charge in [0.2, 0.25) is 0 Å². The van der Waals surface area contributed by atoms with Crippen molar-refractivity contribution in [1.82, 2.24) is 19.9 Å². The summed E-state index contributed by atoms with van der Waals surface area (Å²) in [5.74, 6) is -0.205. The standard InChI is InChI=1S/C22H22Cl2FN5O2/c1-22(2,3)32-21(31)30-7-6-12(10-30)16-8-13-17(9-26-16)27-11-28-20(13)29-15-5-4-14(23)18(24)19(15)25/h4-5,8-9,11-12H,6-7,10H2,1-3H3,(H,27,28,29)/t12-/m1/s1. The Kier molecular flexibility index (Phi) is 6.09. The highest BCUT2D eigenvalue weighted by Gasteiger charge is 2.31. The molecule has 7 nitrogen and oxygen atoms in total. The van der Waals surface area contributed by atoms with Crippen molar-refractivity contribution in [3.63, 3.8) is 0 Å². The number of pyridine rings is 1. The summed E-state index contributed by atoms with van der Waals surface area (Å²) in [5.41, 5.74) is 1.01. The van der Waals surface area contributed by atoms with E-state index in [2.05, 4.69) is 20.3 Å². The van der Waals surface area contributed by atoms with Crippen LogP contribution in [0.2, 0.25) is 10.0 Å². The maximum atomic E-state index is 14.5. The molecule has 10 heteroatoms. The van der Waals surface area contributed by atoms with Gasteiger partial charge in [-0.15, -0.1) is 0 Å². The Morgan fingerprint density at radius 2 is 2.03 bits per heavy atom. The number of aromatic nitrogens is 3. The molecule has 0 unspecified atom stereocenters. The maximum absolute atomic E-state index is 14.5. The van der Waals surface area contributed by atoms with Gasteiger partial charge in [-0.05, 0) is 45.4 Å². The molecule has 168 valence electrons. The fourth-order valence-electron chi connectivity index (χ4n) is 3.54. The number of ether oxygens (including phenoxy) is 1. The highest BCUT2D eigenvalue weighted by molar-refractivity contribution is 6.42. The quantitative estimate of drug-likeness (QED) is 0.470. The molecule has 1 atom stereocenters. The summed E-state index contributed by atoms with van der Waals surface area (Å²) in [7, 11) is 0. The second-order valence-electron chi connectivity index (χ2n) is 8.61. The molecule has 4 rings (SSSR count). The van der Waals surface area contributed by atoms with E-state index in [4.69, 9.17) is 27.9 Å². The number of nitrogens with one attached hydrogen (secondary N) is 1. The fourth-order valence-corrected chi connectivity index (χ4v) is 3.85. The molecule has 0 radical (unpaired) electrons. The van der Waals surface area contributed by atoms with E-state index in [-0.39, 0.29) is 27.7 Å². The maximum Gasteiger partial charge on any atom is 0.410 e. The minimum atomic E-state index is -0.663. The van der Waals surface area contributed by atoms with Crippen LogP contribution in [0.25, 0.3) is 10.9 Å². The number of hydrogen-bond acceptors (Lipinski definition) is 6. The SMILES string of the molecule is CC(C)(C)OC(=O)N1CC[C@@H](c2cc3c(Nc4ccc(Cl)c(Cl)c4F)ncnc3cn2)C1. The van der Waals surface area contributed by atoms with Crippen molar-refractivity contribution in [2.24, 2.45) is 0 Å². The largest absolute Gasteiger partial charge is 0.444 e. The third kappa shape index (κ3) is 4.71. The summed E-state index contributed by atoms with van der Waals surface area (Å²) >= 11 is 11.8. The van der Waals surface area contributed by atoms with E-state index in [9.17, 15) is 9.18 Å². The molecule has 1 aliphatic rings. The van der Waals surface area contributed by atoms with Crippen molar-refractivity contribution in [2.45, 2.75) is 38.7 Å². The first-order valence-corrected chi connectivity index (χ1v) is 10.9. The first kappa shape index (κ1) is 22.5. The second kappa shape index (κ2) is 8.67. The van der Waals surface area contributed by atoms with Crippen LogP contribution < -0.4 is 5.32 Å². The van der Waals surface area contributed by atoms with Crippen LogP contribution in [0.4, 0.5) is 20.7 Å². The monoisotopic (exact) mass is 477 g/mol. The number of fused-ring (bicyclic) bond motifs is 1. The highest BCUT2D eigenvalue weighted by Crippen LogP contribution is 2.34. The van der Waals surface area contributed by atoms with E-state index >= 15 is 0 Å². The summed E-state index contributed by atoms with van der Waals surface area (Å²) in [4.78, 5) is 27.1. The normalized spacial score (nSPS) is 16.4. The van der Waals surface area contributed by atoms with Crippen molar-refractivity contribution >= 4 is 51.7 Å². The minimum absolute atomic E-state index is 0.0432. The van der Waals surface area contributed by atoms with Crippen LogP contribution in [0.15, 0.2) is 30.7 Å². The number of carbonyl (C=O) groups is 1. The van der Waals surface area contributed by atoms with Crippen molar-refractivity contribution in [2.75, 3.05) is 18.4 Å². The molecular formula is C22H22Cl2FN5O2. The first-order chi connectivity index (χ1) is 15.1. The number of carbonyl (C=O) groups excluding carboxylic acids is 1. The van der Waals surface area contributed by atoms with Gasteiger partial charge in [-0.25, -0.2) is 19.2 Å². The van der Waals surface area contributed by atoms with Crippen LogP contribution in [0.5, 0.6) is 0 Å². The summed E-state index contributed by atoms with van der Waals surface area (Å²) in [5, 5.41) is 3.62. The molecule has 1 N–H and O–H groups in total. The Labute approximate surface area is 194 Å². The molecule has 0 spiro atoms. The minimum Gasteiger partial charge on any atom is -0.444 e. The number of benzene rings is 1. The molecule has 0 bridgehead atoms. The van der Waals surface area contributed by atoms with E-state index < -0.39 is 11.4 Å². The molecule has 0 saturated carbocycles.